The van der Waals surface area contributed by atoms with Crippen LogP contribution in [-0.2, 0) is 13.1 Å². The molecular formula is C24H26ClF2N5O2. The minimum Gasteiger partial charge on any atom is -0.489 e. The lowest BCUT2D eigenvalue weighted by molar-refractivity contribution is 0.0725. The first-order chi connectivity index (χ1) is 16.4. The van der Waals surface area contributed by atoms with Crippen LogP contribution in [-0.4, -0.2) is 62.7 Å². The van der Waals surface area contributed by atoms with Crippen LogP contribution in [0.5, 0.6) is 5.75 Å². The maximum Gasteiger partial charge on any atom is 0.258 e. The summed E-state index contributed by atoms with van der Waals surface area (Å²) in [6, 6.07) is 4.01. The summed E-state index contributed by atoms with van der Waals surface area (Å²) in [5.41, 5.74) is 4.20. The zero-order valence-corrected chi connectivity index (χ0v) is 19.9. The van der Waals surface area contributed by atoms with Crippen LogP contribution < -0.4 is 4.74 Å². The van der Waals surface area contributed by atoms with Gasteiger partial charge in [-0.3, -0.25) is 4.79 Å². The molecule has 3 aromatic rings. The van der Waals surface area contributed by atoms with Crippen molar-refractivity contribution in [3.8, 4) is 5.75 Å². The van der Waals surface area contributed by atoms with Gasteiger partial charge in [0.15, 0.2) is 5.65 Å². The Balaban J connectivity index is 1.35. The van der Waals surface area contributed by atoms with E-state index in [1.807, 2.05) is 18.7 Å². The first kappa shape index (κ1) is 23.0. The number of hydrogen-bond donors (Lipinski definition) is 0. The average Bonchev–Trinajstić information content (AvgIpc) is 3.38. The number of halogens is 3. The molecule has 0 unspecified atom stereocenters. The number of likely N-dealkylation sites (tertiary alicyclic amines) is 1. The standard InChI is InChI=1S/C24H26ClF2N5O2/c1-14-22(25)15(2)32-23(28-14)19-12-31(13-20(19)29-32)24(33)18-4-3-16(27)11-21(18)34-17-5-8-30(9-6-17)10-7-26/h3-4,11,17H,5-10,12-13H2,1-2H3. The summed E-state index contributed by atoms with van der Waals surface area (Å²) in [6.45, 7) is 5.87. The number of aryl methyl sites for hydroxylation is 2. The summed E-state index contributed by atoms with van der Waals surface area (Å²) in [4.78, 5) is 21.7. The Morgan fingerprint density at radius 1 is 1.24 bits per heavy atom. The molecule has 0 aliphatic carbocycles. The van der Waals surface area contributed by atoms with E-state index in [1.165, 1.54) is 18.2 Å². The van der Waals surface area contributed by atoms with Gasteiger partial charge in [-0.15, -0.1) is 0 Å². The fraction of sp³-hybridized carbons (Fsp3) is 0.458. The fourth-order valence-electron chi connectivity index (χ4n) is 4.75. The Morgan fingerprint density at radius 3 is 2.74 bits per heavy atom. The molecule has 1 fully saturated rings. The van der Waals surface area contributed by atoms with Crippen molar-refractivity contribution >= 4 is 23.2 Å². The van der Waals surface area contributed by atoms with Crippen LogP contribution in [0.4, 0.5) is 8.78 Å². The van der Waals surface area contributed by atoms with Gasteiger partial charge < -0.3 is 14.5 Å². The normalized spacial score (nSPS) is 16.9. The Labute approximate surface area is 201 Å². The van der Waals surface area contributed by atoms with Gasteiger partial charge >= 0.3 is 0 Å². The van der Waals surface area contributed by atoms with Crippen LogP contribution in [0.3, 0.4) is 0 Å². The van der Waals surface area contributed by atoms with Crippen LogP contribution in [0.15, 0.2) is 18.2 Å². The van der Waals surface area contributed by atoms with Crippen LogP contribution in [0, 0.1) is 19.7 Å². The van der Waals surface area contributed by atoms with Crippen LogP contribution in [0.2, 0.25) is 5.02 Å². The van der Waals surface area contributed by atoms with Crippen LogP contribution in [0.1, 0.15) is 45.8 Å². The molecule has 180 valence electrons. The van der Waals surface area contributed by atoms with E-state index in [-0.39, 0.29) is 24.4 Å². The van der Waals surface area contributed by atoms with Gasteiger partial charge in [-0.2, -0.15) is 5.10 Å². The zero-order chi connectivity index (χ0) is 24.0. The number of fused-ring (bicyclic) bond motifs is 3. The number of carbonyl (C=O) groups excluding carboxylic acids is 1. The minimum absolute atomic E-state index is 0.149. The predicted octanol–water partition coefficient (Wildman–Crippen LogP) is 4.11. The number of ether oxygens (including phenoxy) is 1. The zero-order valence-electron chi connectivity index (χ0n) is 19.2. The first-order valence-corrected chi connectivity index (χ1v) is 11.8. The SMILES string of the molecule is Cc1nc2c3c(nn2c(C)c1Cl)CN(C(=O)c1ccc(F)cc1OC1CCN(CCF)CC1)C3. The lowest BCUT2D eigenvalue weighted by Crippen LogP contribution is -2.39. The monoisotopic (exact) mass is 489 g/mol. The van der Waals surface area contributed by atoms with Crippen molar-refractivity contribution in [1.82, 2.24) is 24.4 Å². The Kier molecular flexibility index (Phi) is 6.16. The van der Waals surface area contributed by atoms with Gasteiger partial charge in [-0.05, 0) is 38.8 Å². The lowest BCUT2D eigenvalue weighted by atomic mass is 10.1. The molecule has 0 bridgehead atoms. The van der Waals surface area contributed by atoms with Crippen LogP contribution >= 0.6 is 11.6 Å². The molecule has 0 atom stereocenters. The summed E-state index contributed by atoms with van der Waals surface area (Å²) >= 11 is 6.32. The lowest BCUT2D eigenvalue weighted by Gasteiger charge is -2.32. The summed E-state index contributed by atoms with van der Waals surface area (Å²) in [7, 11) is 0. The molecule has 10 heteroatoms. The summed E-state index contributed by atoms with van der Waals surface area (Å²) in [5.74, 6) is -0.469. The highest BCUT2D eigenvalue weighted by Crippen LogP contribution is 2.32. The number of piperidine rings is 1. The number of amides is 1. The molecule has 7 nitrogen and oxygen atoms in total. The second-order valence-corrected chi connectivity index (χ2v) is 9.28. The highest BCUT2D eigenvalue weighted by molar-refractivity contribution is 6.31. The number of rotatable bonds is 5. The van der Waals surface area contributed by atoms with Gasteiger partial charge in [-0.1, -0.05) is 11.6 Å². The predicted molar refractivity (Wildman–Crippen MR) is 124 cm³/mol. The van der Waals surface area contributed by atoms with Gasteiger partial charge in [0.1, 0.15) is 24.3 Å². The molecule has 5 rings (SSSR count). The molecule has 2 aliphatic rings. The third kappa shape index (κ3) is 4.11. The molecule has 0 spiro atoms. The summed E-state index contributed by atoms with van der Waals surface area (Å²) in [6.07, 6.45) is 1.25. The topological polar surface area (TPSA) is 63.0 Å². The molecule has 1 aromatic carbocycles. The number of nitrogens with zero attached hydrogens (tertiary/aromatic N) is 5. The van der Waals surface area contributed by atoms with Gasteiger partial charge in [0.05, 0.1) is 40.8 Å². The molecule has 2 aliphatic heterocycles. The number of hydrogen-bond acceptors (Lipinski definition) is 5. The number of carbonyl (C=O) groups is 1. The van der Waals surface area contributed by atoms with E-state index in [2.05, 4.69) is 10.1 Å². The van der Waals surface area contributed by atoms with E-state index in [4.69, 9.17) is 16.3 Å². The van der Waals surface area contributed by atoms with Crippen molar-refractivity contribution in [2.24, 2.45) is 0 Å². The van der Waals surface area contributed by atoms with Crippen molar-refractivity contribution in [2.45, 2.75) is 45.9 Å². The quantitative estimate of drug-likeness (QED) is 0.540. The first-order valence-electron chi connectivity index (χ1n) is 11.4. The van der Waals surface area contributed by atoms with E-state index in [9.17, 15) is 13.6 Å². The molecule has 1 saturated heterocycles. The molecule has 0 radical (unpaired) electrons. The third-order valence-electron chi connectivity index (χ3n) is 6.65. The van der Waals surface area contributed by atoms with Gasteiger partial charge in [0.25, 0.3) is 5.91 Å². The molecule has 4 heterocycles. The Morgan fingerprint density at radius 2 is 2.00 bits per heavy atom. The van der Waals surface area contributed by atoms with Crippen molar-refractivity contribution in [3.05, 3.63) is 57.2 Å². The van der Waals surface area contributed by atoms with E-state index < -0.39 is 5.82 Å². The van der Waals surface area contributed by atoms with Crippen molar-refractivity contribution in [3.63, 3.8) is 0 Å². The molecule has 34 heavy (non-hydrogen) atoms. The summed E-state index contributed by atoms with van der Waals surface area (Å²) in [5, 5.41) is 5.20. The van der Waals surface area contributed by atoms with Crippen molar-refractivity contribution in [2.75, 3.05) is 26.3 Å². The second kappa shape index (κ2) is 9.11. The molecule has 0 saturated carbocycles. The highest BCUT2D eigenvalue weighted by atomic mass is 35.5. The minimum atomic E-state index is -0.462. The maximum atomic E-state index is 14.1. The largest absolute Gasteiger partial charge is 0.489 e. The van der Waals surface area contributed by atoms with Crippen LogP contribution in [0.25, 0.3) is 5.65 Å². The second-order valence-electron chi connectivity index (χ2n) is 8.91. The maximum absolute atomic E-state index is 14.1. The van der Waals surface area contributed by atoms with E-state index in [0.29, 0.717) is 67.5 Å². The van der Waals surface area contributed by atoms with Crippen molar-refractivity contribution < 1.29 is 18.3 Å². The van der Waals surface area contributed by atoms with E-state index in [1.54, 1.807) is 9.42 Å². The number of alkyl halides is 1. The highest BCUT2D eigenvalue weighted by Gasteiger charge is 2.32. The van der Waals surface area contributed by atoms with E-state index in [0.717, 1.165) is 17.0 Å². The average molecular weight is 490 g/mol. The molecule has 1 amide bonds. The molecule has 0 N–H and O–H groups in total. The smallest absolute Gasteiger partial charge is 0.258 e. The van der Waals surface area contributed by atoms with E-state index >= 15 is 0 Å². The van der Waals surface area contributed by atoms with Crippen molar-refractivity contribution in [1.29, 1.82) is 0 Å². The summed E-state index contributed by atoms with van der Waals surface area (Å²) < 4.78 is 34.5. The Hall–Kier alpha value is -2.78. The Bertz CT molecular complexity index is 1260. The fourth-order valence-corrected chi connectivity index (χ4v) is 4.87. The number of benzene rings is 1. The van der Waals surface area contributed by atoms with Gasteiger partial charge in [-0.25, -0.2) is 18.3 Å². The number of aromatic nitrogens is 3. The molecule has 2 aromatic heterocycles. The van der Waals surface area contributed by atoms with Gasteiger partial charge in [0.2, 0.25) is 0 Å². The third-order valence-corrected chi connectivity index (χ3v) is 7.19. The molecular weight excluding hydrogens is 464 g/mol. The van der Waals surface area contributed by atoms with Gasteiger partial charge in [0, 0.05) is 31.3 Å².